The summed E-state index contributed by atoms with van der Waals surface area (Å²) in [6, 6.07) is 0.320. The lowest BCUT2D eigenvalue weighted by Gasteiger charge is -2.14. The average Bonchev–Trinajstić information content (AvgIpc) is 3.03. The lowest BCUT2D eigenvalue weighted by atomic mass is 9.93. The van der Waals surface area contributed by atoms with Crippen molar-refractivity contribution in [2.45, 2.75) is 78.4 Å². The Hall–Kier alpha value is -1.18. The number of aromatic nitrogens is 1. The highest BCUT2D eigenvalue weighted by atomic mass is 32.1. The Morgan fingerprint density at radius 2 is 1.96 bits per heavy atom. The molecule has 6 nitrogen and oxygen atoms in total. The van der Waals surface area contributed by atoms with Gasteiger partial charge >= 0.3 is 0 Å². The van der Waals surface area contributed by atoms with Gasteiger partial charge in [-0.2, -0.15) is 0 Å². The van der Waals surface area contributed by atoms with Crippen LogP contribution in [0.15, 0.2) is 6.20 Å². The van der Waals surface area contributed by atoms with Gasteiger partial charge in [0.2, 0.25) is 5.91 Å². The van der Waals surface area contributed by atoms with Crippen LogP contribution in [0.5, 0.6) is 5.19 Å². The first-order valence-electron chi connectivity index (χ1n) is 9.74. The highest BCUT2D eigenvalue weighted by molar-refractivity contribution is 7.17. The summed E-state index contributed by atoms with van der Waals surface area (Å²) in [5.41, 5.74) is 0. The number of carbonyl (C=O) groups is 1. The second-order valence-corrected chi connectivity index (χ2v) is 8.04. The molecule has 0 aliphatic heterocycles. The molecular weight excluding hydrogens is 350 g/mol. The monoisotopic (exact) mass is 385 g/mol. The van der Waals surface area contributed by atoms with Crippen LogP contribution in [0.1, 0.15) is 66.2 Å². The summed E-state index contributed by atoms with van der Waals surface area (Å²) in [5.74, 6) is 0.663. The third-order valence-corrected chi connectivity index (χ3v) is 4.91. The molecule has 1 unspecified atom stereocenters. The number of carbonyl (C=O) groups excluding carboxylic acids is 1. The first kappa shape index (κ1) is 22.9. The Labute approximate surface area is 161 Å². The third-order valence-electron chi connectivity index (χ3n) is 4.08. The smallest absolute Gasteiger partial charge is 0.275 e. The van der Waals surface area contributed by atoms with Gasteiger partial charge in [-0.05, 0) is 12.3 Å². The van der Waals surface area contributed by atoms with E-state index < -0.39 is 6.10 Å². The number of anilines is 1. The van der Waals surface area contributed by atoms with Crippen LogP contribution >= 0.6 is 11.3 Å². The summed E-state index contributed by atoms with van der Waals surface area (Å²) < 4.78 is 5.49. The van der Waals surface area contributed by atoms with Crippen LogP contribution in [0.25, 0.3) is 0 Å². The Morgan fingerprint density at radius 1 is 1.27 bits per heavy atom. The predicted molar refractivity (Wildman–Crippen MR) is 108 cm³/mol. The molecule has 7 heteroatoms. The van der Waals surface area contributed by atoms with Crippen LogP contribution in [0.3, 0.4) is 0 Å². The number of ether oxygens (including phenoxy) is 1. The van der Waals surface area contributed by atoms with Crippen molar-refractivity contribution in [2.24, 2.45) is 5.92 Å². The van der Waals surface area contributed by atoms with E-state index in [1.54, 1.807) is 6.20 Å². The van der Waals surface area contributed by atoms with Crippen LogP contribution < -0.4 is 15.4 Å². The molecule has 3 N–H and O–H groups in total. The third kappa shape index (κ3) is 10.1. The highest BCUT2D eigenvalue weighted by Crippen LogP contribution is 2.26. The molecule has 0 aliphatic rings. The zero-order chi connectivity index (χ0) is 19.4. The van der Waals surface area contributed by atoms with Crippen LogP contribution in [0.2, 0.25) is 0 Å². The number of aliphatic hydroxyl groups excluding tert-OH is 1. The van der Waals surface area contributed by atoms with Gasteiger partial charge < -0.3 is 20.5 Å². The van der Waals surface area contributed by atoms with Gasteiger partial charge in [-0.1, -0.05) is 64.7 Å². The minimum atomic E-state index is -0.589. The fourth-order valence-corrected chi connectivity index (χ4v) is 3.46. The minimum Gasteiger partial charge on any atom is -0.467 e. The van der Waals surface area contributed by atoms with Gasteiger partial charge in [-0.3, -0.25) is 4.79 Å². The second kappa shape index (κ2) is 13.1. The maximum atomic E-state index is 12.1. The maximum Gasteiger partial charge on any atom is 0.275 e. The van der Waals surface area contributed by atoms with E-state index in [2.05, 4.69) is 29.5 Å². The topological polar surface area (TPSA) is 83.5 Å². The van der Waals surface area contributed by atoms with Crippen LogP contribution in [0.4, 0.5) is 5.00 Å². The first-order valence-corrected chi connectivity index (χ1v) is 10.6. The zero-order valence-electron chi connectivity index (χ0n) is 16.6. The predicted octanol–water partition coefficient (Wildman–Crippen LogP) is 3.82. The molecule has 1 heterocycles. The number of aliphatic hydroxyl groups is 1. The lowest BCUT2D eigenvalue weighted by molar-refractivity contribution is -0.116. The normalized spacial score (nSPS) is 12.6. The minimum absolute atomic E-state index is 0.0265. The molecule has 1 rings (SSSR count). The largest absolute Gasteiger partial charge is 0.467 e. The summed E-state index contributed by atoms with van der Waals surface area (Å²) >= 11 is 1.29. The quantitative estimate of drug-likeness (QED) is 0.453. The van der Waals surface area contributed by atoms with Crippen molar-refractivity contribution in [2.75, 3.05) is 18.5 Å². The summed E-state index contributed by atoms with van der Waals surface area (Å²) in [7, 11) is 0. The Bertz CT molecular complexity index is 502. The molecule has 1 atom stereocenters. The molecule has 0 fully saturated rings. The van der Waals surface area contributed by atoms with Crippen molar-refractivity contribution in [1.29, 1.82) is 0 Å². The van der Waals surface area contributed by atoms with Crippen molar-refractivity contribution in [3.05, 3.63) is 6.20 Å². The fraction of sp³-hybridized carbons (Fsp3) is 0.789. The molecule has 0 bridgehead atoms. The molecule has 0 saturated carbocycles. The van der Waals surface area contributed by atoms with Crippen LogP contribution in [-0.2, 0) is 4.79 Å². The number of hydrogen-bond donors (Lipinski definition) is 3. The van der Waals surface area contributed by atoms with Crippen LogP contribution in [-0.4, -0.2) is 41.3 Å². The lowest BCUT2D eigenvalue weighted by Crippen LogP contribution is -2.35. The molecule has 0 aromatic carbocycles. The molecule has 1 aromatic rings. The summed E-state index contributed by atoms with van der Waals surface area (Å²) in [5, 5.41) is 17.0. The van der Waals surface area contributed by atoms with E-state index >= 15 is 0 Å². The number of nitrogens with zero attached hydrogens (tertiary/aromatic N) is 1. The van der Waals surface area contributed by atoms with E-state index in [0.29, 0.717) is 35.1 Å². The van der Waals surface area contributed by atoms with Gasteiger partial charge in [0, 0.05) is 19.0 Å². The average molecular weight is 386 g/mol. The Balaban J connectivity index is 2.32. The van der Waals surface area contributed by atoms with Gasteiger partial charge in [0.15, 0.2) is 0 Å². The number of thiazole rings is 1. The van der Waals surface area contributed by atoms with Gasteiger partial charge in [0.1, 0.15) is 17.7 Å². The molecule has 0 spiro atoms. The molecule has 1 aromatic heterocycles. The van der Waals surface area contributed by atoms with E-state index in [1.165, 1.54) is 37.0 Å². The molecule has 26 heavy (non-hydrogen) atoms. The van der Waals surface area contributed by atoms with E-state index in [4.69, 9.17) is 4.74 Å². The van der Waals surface area contributed by atoms with Crippen molar-refractivity contribution in [3.63, 3.8) is 0 Å². The number of nitrogens with one attached hydrogen (secondary N) is 2. The zero-order valence-corrected chi connectivity index (χ0v) is 17.4. The number of rotatable bonds is 14. The summed E-state index contributed by atoms with van der Waals surface area (Å²) in [6.07, 6.45) is 7.20. The van der Waals surface area contributed by atoms with E-state index in [9.17, 15) is 9.90 Å². The number of amides is 1. The molecule has 0 aliphatic carbocycles. The molecule has 0 radical (unpaired) electrons. The highest BCUT2D eigenvalue weighted by Gasteiger charge is 2.12. The first-order chi connectivity index (χ1) is 12.4. The van der Waals surface area contributed by atoms with Crippen molar-refractivity contribution in [1.82, 2.24) is 10.3 Å². The SMILES string of the molecule is CCCC(CCC)CCC(=O)Nc1cnc(OCC(O)CNC(C)C)s1. The number of hydrogen-bond acceptors (Lipinski definition) is 6. The summed E-state index contributed by atoms with van der Waals surface area (Å²) in [6.45, 7) is 9.08. The molecule has 1 amide bonds. The Morgan fingerprint density at radius 3 is 2.58 bits per heavy atom. The fourth-order valence-electron chi connectivity index (χ4n) is 2.77. The van der Waals surface area contributed by atoms with Gasteiger partial charge in [0.05, 0.1) is 6.20 Å². The Kier molecular flexibility index (Phi) is 11.5. The maximum absolute atomic E-state index is 12.1. The molecular formula is C19H35N3O3S. The van der Waals surface area contributed by atoms with Gasteiger partial charge in [-0.25, -0.2) is 4.98 Å². The van der Waals surface area contributed by atoms with Crippen molar-refractivity contribution in [3.8, 4) is 5.19 Å². The van der Waals surface area contributed by atoms with E-state index in [1.807, 2.05) is 13.8 Å². The van der Waals surface area contributed by atoms with Gasteiger partial charge in [-0.15, -0.1) is 0 Å². The van der Waals surface area contributed by atoms with E-state index in [0.717, 1.165) is 6.42 Å². The van der Waals surface area contributed by atoms with E-state index in [-0.39, 0.29) is 12.5 Å². The van der Waals surface area contributed by atoms with Crippen molar-refractivity contribution < 1.29 is 14.6 Å². The molecule has 150 valence electrons. The van der Waals surface area contributed by atoms with Gasteiger partial charge in [0.25, 0.3) is 5.19 Å². The second-order valence-electron chi connectivity index (χ2n) is 7.05. The standard InChI is InChI=1S/C19H35N3O3S/c1-5-7-15(8-6-2)9-10-17(24)22-18-12-21-19(26-18)25-13-16(23)11-20-14(3)4/h12,14-16,20,23H,5-11,13H2,1-4H3,(H,22,24). The summed E-state index contributed by atoms with van der Waals surface area (Å²) in [4.78, 5) is 16.3. The molecule has 0 saturated heterocycles. The van der Waals surface area contributed by atoms with Crippen molar-refractivity contribution >= 4 is 22.2 Å². The van der Waals surface area contributed by atoms with Crippen LogP contribution in [0, 0.1) is 5.92 Å².